The van der Waals surface area contributed by atoms with Crippen molar-refractivity contribution in [2.24, 2.45) is 11.8 Å². The van der Waals surface area contributed by atoms with Crippen LogP contribution in [0, 0.1) is 34.8 Å². The van der Waals surface area contributed by atoms with Gasteiger partial charge in [0.05, 0.1) is 28.3 Å². The number of carbonyl (C=O) groups excluding carboxylic acids is 3. The quantitative estimate of drug-likeness (QED) is 0.412. The Bertz CT molecular complexity index is 1220. The molecule has 2 aromatic rings. The molecule has 0 bridgehead atoms. The maximum absolute atomic E-state index is 14.9. The van der Waals surface area contributed by atoms with Crippen molar-refractivity contribution in [3.8, 4) is 6.07 Å². The predicted octanol–water partition coefficient (Wildman–Crippen LogP) is 5.49. The second-order valence-electron chi connectivity index (χ2n) is 7.52. The van der Waals surface area contributed by atoms with Crippen LogP contribution in [0.1, 0.15) is 30.1 Å². The predicted molar refractivity (Wildman–Crippen MR) is 125 cm³/mol. The van der Waals surface area contributed by atoms with Crippen molar-refractivity contribution < 1.29 is 23.2 Å². The number of benzene rings is 2. The highest BCUT2D eigenvalue weighted by Gasteiger charge is 2.56. The average Bonchev–Trinajstić information content (AvgIpc) is 3.43. The first-order valence-corrected chi connectivity index (χ1v) is 11.1. The molecule has 34 heavy (non-hydrogen) atoms. The summed E-state index contributed by atoms with van der Waals surface area (Å²) in [7, 11) is 0. The molecule has 7 nitrogen and oxygen atoms in total. The Morgan fingerprint density at radius 3 is 2.44 bits per heavy atom. The Labute approximate surface area is 208 Å². The van der Waals surface area contributed by atoms with Crippen molar-refractivity contribution in [1.29, 1.82) is 5.26 Å². The van der Waals surface area contributed by atoms with Crippen LogP contribution in [0.5, 0.6) is 0 Å². The molecule has 1 saturated carbocycles. The van der Waals surface area contributed by atoms with Gasteiger partial charge in [-0.05, 0) is 43.2 Å². The largest absolute Gasteiger partial charge is 0.326 e. The molecule has 0 aliphatic heterocycles. The maximum atomic E-state index is 14.9. The zero-order valence-electron chi connectivity index (χ0n) is 17.5. The van der Waals surface area contributed by atoms with Gasteiger partial charge in [-0.2, -0.15) is 5.26 Å². The normalized spacial score (nSPS) is 16.7. The van der Waals surface area contributed by atoms with Gasteiger partial charge >= 0.3 is 0 Å². The van der Waals surface area contributed by atoms with Gasteiger partial charge in [-0.15, -0.1) is 23.2 Å². The lowest BCUT2D eigenvalue weighted by Gasteiger charge is -2.14. The van der Waals surface area contributed by atoms with Gasteiger partial charge in [-0.1, -0.05) is 18.5 Å². The van der Waals surface area contributed by atoms with Crippen LogP contribution in [0.3, 0.4) is 0 Å². The highest BCUT2D eigenvalue weighted by Crippen LogP contribution is 2.53. The van der Waals surface area contributed by atoms with Crippen LogP contribution >= 0.6 is 34.8 Å². The molecule has 0 heterocycles. The Hall–Kier alpha value is -2.93. The van der Waals surface area contributed by atoms with Crippen molar-refractivity contribution >= 4 is 69.6 Å². The summed E-state index contributed by atoms with van der Waals surface area (Å²) in [5, 5.41) is 15.8. The summed E-state index contributed by atoms with van der Waals surface area (Å²) in [6.45, 7) is 1.57. The molecule has 2 atom stereocenters. The zero-order chi connectivity index (χ0) is 25.2. The van der Waals surface area contributed by atoms with Gasteiger partial charge in [-0.25, -0.2) is 8.78 Å². The molecule has 2 aromatic carbocycles. The molecule has 1 aliphatic rings. The van der Waals surface area contributed by atoms with Crippen molar-refractivity contribution in [1.82, 2.24) is 0 Å². The van der Waals surface area contributed by atoms with Crippen LogP contribution in [-0.4, -0.2) is 22.1 Å². The Kier molecular flexibility index (Phi) is 7.66. The molecule has 3 amide bonds. The number of amides is 3. The van der Waals surface area contributed by atoms with E-state index < -0.39 is 56.9 Å². The Morgan fingerprint density at radius 2 is 1.85 bits per heavy atom. The number of rotatable bonds is 7. The number of carbonyl (C=O) groups is 3. The second kappa shape index (κ2) is 10.1. The molecule has 0 aromatic heterocycles. The number of hydrogen-bond donors (Lipinski definition) is 3. The average molecular weight is 530 g/mol. The highest BCUT2D eigenvalue weighted by molar-refractivity contribution is 6.52. The van der Waals surface area contributed by atoms with E-state index in [2.05, 4.69) is 10.6 Å². The number of nitrogens with zero attached hydrogens (tertiary/aromatic N) is 1. The van der Waals surface area contributed by atoms with E-state index in [4.69, 9.17) is 40.1 Å². The molecule has 178 valence electrons. The van der Waals surface area contributed by atoms with E-state index in [1.54, 1.807) is 13.0 Å². The summed E-state index contributed by atoms with van der Waals surface area (Å²) in [4.78, 5) is 37.0. The first-order chi connectivity index (χ1) is 16.0. The SMILES string of the molecule is CCC(C#N)C(=O)Nc1c(F)ccc(NC(=O)c2cc(NC(=O)[C@H]3CC3(Cl)Cl)ccc2Cl)c1F. The molecular weight excluding hydrogens is 513 g/mol. The van der Waals surface area contributed by atoms with E-state index in [1.165, 1.54) is 18.2 Å². The molecule has 1 unspecified atom stereocenters. The smallest absolute Gasteiger partial charge is 0.257 e. The summed E-state index contributed by atoms with van der Waals surface area (Å²) in [5.74, 6) is -6.22. The fourth-order valence-corrected chi connectivity index (χ4v) is 3.71. The number of anilines is 3. The summed E-state index contributed by atoms with van der Waals surface area (Å²) in [5.41, 5.74) is -1.13. The lowest BCUT2D eigenvalue weighted by Crippen LogP contribution is -2.23. The van der Waals surface area contributed by atoms with Gasteiger partial charge < -0.3 is 16.0 Å². The molecule has 3 N–H and O–H groups in total. The fourth-order valence-electron chi connectivity index (χ4n) is 3.00. The third-order valence-corrected chi connectivity index (χ3v) is 6.25. The third-order valence-electron chi connectivity index (χ3n) is 5.09. The minimum absolute atomic E-state index is 0.00167. The lowest BCUT2D eigenvalue weighted by atomic mass is 10.1. The standard InChI is InChI=1S/C22H17Cl3F2N4O3/c1-2-10(9-28)19(32)31-18-15(26)5-6-16(17(18)27)30-20(33)12-7-11(3-4-14(12)23)29-21(34)13-8-22(13,24)25/h3-7,10,13H,2,8H2,1H3,(H,29,34)(H,30,33)(H,31,32)/t10?,13-/m1/s1. The lowest BCUT2D eigenvalue weighted by molar-refractivity contribution is -0.118. The van der Waals surface area contributed by atoms with Crippen LogP contribution in [0.15, 0.2) is 30.3 Å². The summed E-state index contributed by atoms with van der Waals surface area (Å²) < 4.78 is 27.9. The molecule has 0 saturated heterocycles. The fraction of sp³-hybridized carbons (Fsp3) is 0.273. The topological polar surface area (TPSA) is 111 Å². The van der Waals surface area contributed by atoms with E-state index in [0.717, 1.165) is 12.1 Å². The van der Waals surface area contributed by atoms with Crippen molar-refractivity contribution in [2.45, 2.75) is 24.1 Å². The number of halogens is 5. The van der Waals surface area contributed by atoms with Gasteiger partial charge in [0, 0.05) is 5.69 Å². The van der Waals surface area contributed by atoms with E-state index in [9.17, 15) is 23.2 Å². The Morgan fingerprint density at radius 1 is 1.18 bits per heavy atom. The van der Waals surface area contributed by atoms with Gasteiger partial charge in [0.2, 0.25) is 11.8 Å². The van der Waals surface area contributed by atoms with Crippen LogP contribution in [0.2, 0.25) is 5.02 Å². The van der Waals surface area contributed by atoms with E-state index in [1.807, 2.05) is 5.32 Å². The van der Waals surface area contributed by atoms with Crippen molar-refractivity contribution in [3.05, 3.63) is 52.6 Å². The second-order valence-corrected chi connectivity index (χ2v) is 9.47. The van der Waals surface area contributed by atoms with Crippen LogP contribution in [0.25, 0.3) is 0 Å². The molecule has 12 heteroatoms. The van der Waals surface area contributed by atoms with E-state index in [-0.39, 0.29) is 22.7 Å². The van der Waals surface area contributed by atoms with Crippen molar-refractivity contribution in [3.63, 3.8) is 0 Å². The molecule has 0 radical (unpaired) electrons. The van der Waals surface area contributed by atoms with Crippen LogP contribution < -0.4 is 16.0 Å². The van der Waals surface area contributed by atoms with E-state index in [0.29, 0.717) is 6.42 Å². The summed E-state index contributed by atoms with van der Waals surface area (Å²) in [6.07, 6.45) is 0.434. The summed E-state index contributed by atoms with van der Waals surface area (Å²) >= 11 is 17.9. The number of nitrogens with one attached hydrogen (secondary N) is 3. The van der Waals surface area contributed by atoms with E-state index >= 15 is 0 Å². The highest BCUT2D eigenvalue weighted by atomic mass is 35.5. The van der Waals surface area contributed by atoms with Crippen LogP contribution in [0.4, 0.5) is 25.8 Å². The monoisotopic (exact) mass is 528 g/mol. The third kappa shape index (κ3) is 5.58. The molecule has 0 spiro atoms. The van der Waals surface area contributed by atoms with Crippen LogP contribution in [-0.2, 0) is 9.59 Å². The number of hydrogen-bond acceptors (Lipinski definition) is 4. The molecular formula is C22H17Cl3F2N4O3. The van der Waals surface area contributed by atoms with Gasteiger partial charge in [0.25, 0.3) is 5.91 Å². The molecule has 1 fully saturated rings. The van der Waals surface area contributed by atoms with Crippen molar-refractivity contribution in [2.75, 3.05) is 16.0 Å². The minimum atomic E-state index is -1.25. The minimum Gasteiger partial charge on any atom is -0.326 e. The maximum Gasteiger partial charge on any atom is 0.257 e. The number of nitriles is 1. The van der Waals surface area contributed by atoms with Gasteiger partial charge in [0.1, 0.15) is 21.8 Å². The van der Waals surface area contributed by atoms with Gasteiger partial charge in [0.15, 0.2) is 5.82 Å². The molecule has 3 rings (SSSR count). The first kappa shape index (κ1) is 25.7. The zero-order valence-corrected chi connectivity index (χ0v) is 19.8. The van der Waals surface area contributed by atoms with Gasteiger partial charge in [-0.3, -0.25) is 14.4 Å². The first-order valence-electron chi connectivity index (χ1n) is 9.96. The molecule has 1 aliphatic carbocycles. The Balaban J connectivity index is 1.80. The number of alkyl halides is 2. The summed E-state index contributed by atoms with van der Waals surface area (Å²) in [6, 6.07) is 7.62.